The minimum absolute atomic E-state index is 0.255. The molecule has 0 N–H and O–H groups in total. The molecule has 20 heavy (non-hydrogen) atoms. The Balaban J connectivity index is 2.81. The predicted octanol–water partition coefficient (Wildman–Crippen LogP) is 6.62. The summed E-state index contributed by atoms with van der Waals surface area (Å²) in [4.78, 5) is 0. The molecule has 0 radical (unpaired) electrons. The normalized spacial score (nSPS) is 21.2. The molecule has 0 saturated heterocycles. The predicted molar refractivity (Wildman–Crippen MR) is 91.8 cm³/mol. The highest BCUT2D eigenvalue weighted by Gasteiger charge is 2.26. The molecule has 0 heterocycles. The quantitative estimate of drug-likeness (QED) is 0.506. The molecule has 0 aliphatic heterocycles. The van der Waals surface area contributed by atoms with Gasteiger partial charge in [-0.3, -0.25) is 0 Å². The van der Waals surface area contributed by atoms with Crippen LogP contribution in [0.3, 0.4) is 0 Å². The van der Waals surface area contributed by atoms with Gasteiger partial charge >= 0.3 is 0 Å². The molecule has 0 aromatic heterocycles. The van der Waals surface area contributed by atoms with Crippen molar-refractivity contribution < 1.29 is 0 Å². The van der Waals surface area contributed by atoms with Gasteiger partial charge in [0.1, 0.15) is 0 Å². The smallest absolute Gasteiger partial charge is 0.0104 e. The summed E-state index contributed by atoms with van der Waals surface area (Å²) in [6.07, 6.45) is 15.1. The van der Waals surface area contributed by atoms with E-state index >= 15 is 0 Å². The third kappa shape index (κ3) is 5.53. The second kappa shape index (κ2) is 6.61. The average Bonchev–Trinajstić information content (AvgIpc) is 2.25. The van der Waals surface area contributed by atoms with Gasteiger partial charge in [0.2, 0.25) is 0 Å². The molecule has 0 saturated carbocycles. The Morgan fingerprint density at radius 1 is 1.20 bits per heavy atom. The van der Waals surface area contributed by atoms with Gasteiger partial charge in [-0.1, -0.05) is 76.1 Å². The van der Waals surface area contributed by atoms with Crippen LogP contribution in [0.2, 0.25) is 0 Å². The highest BCUT2D eigenvalue weighted by atomic mass is 14.3. The van der Waals surface area contributed by atoms with E-state index in [1.165, 1.54) is 30.4 Å². The maximum atomic E-state index is 2.37. The standard InChI is InChI=1S/C20H32/c1-16(10-8-14-19(3,4)5)12-13-18-17(2)11-9-15-20(18,6)7/h8,10,12-14H,9,11,15H2,1-7H3/b13-12+,14-8+,16-10+. The van der Waals surface area contributed by atoms with Crippen LogP contribution in [0.5, 0.6) is 0 Å². The molecule has 1 aliphatic carbocycles. The Kier molecular flexibility index (Phi) is 5.62. The highest BCUT2D eigenvalue weighted by molar-refractivity contribution is 5.36. The lowest BCUT2D eigenvalue weighted by atomic mass is 9.72. The molecule has 0 amide bonds. The Bertz CT molecular complexity index is 445. The van der Waals surface area contributed by atoms with E-state index in [0.717, 1.165) is 0 Å². The van der Waals surface area contributed by atoms with Gasteiger partial charge in [-0.05, 0) is 49.5 Å². The lowest BCUT2D eigenvalue weighted by molar-refractivity contribution is 0.377. The molecule has 0 spiro atoms. The first-order valence-corrected chi connectivity index (χ1v) is 7.86. The zero-order valence-electron chi connectivity index (χ0n) is 14.5. The summed E-state index contributed by atoms with van der Waals surface area (Å²) in [5.41, 5.74) is 5.00. The molecular weight excluding hydrogens is 240 g/mol. The van der Waals surface area contributed by atoms with Gasteiger partial charge in [0.15, 0.2) is 0 Å². The Labute approximate surface area is 126 Å². The van der Waals surface area contributed by atoms with Gasteiger partial charge in [-0.2, -0.15) is 0 Å². The topological polar surface area (TPSA) is 0 Å². The van der Waals surface area contributed by atoms with Crippen molar-refractivity contribution in [3.05, 3.63) is 47.1 Å². The first-order valence-electron chi connectivity index (χ1n) is 7.86. The molecule has 112 valence electrons. The van der Waals surface area contributed by atoms with Crippen molar-refractivity contribution in [1.29, 1.82) is 0 Å². The van der Waals surface area contributed by atoms with Crippen LogP contribution in [0.15, 0.2) is 47.1 Å². The molecule has 0 atom stereocenters. The van der Waals surface area contributed by atoms with Crippen LogP contribution in [0.1, 0.15) is 67.7 Å². The van der Waals surface area contributed by atoms with Crippen LogP contribution >= 0.6 is 0 Å². The van der Waals surface area contributed by atoms with Gasteiger partial charge in [-0.25, -0.2) is 0 Å². The third-order valence-corrected chi connectivity index (χ3v) is 4.01. The molecule has 0 bridgehead atoms. The fraction of sp³-hybridized carbons (Fsp3) is 0.600. The summed E-state index contributed by atoms with van der Waals surface area (Å²) >= 11 is 0. The van der Waals surface area contributed by atoms with Crippen molar-refractivity contribution in [2.45, 2.75) is 67.7 Å². The molecule has 0 unspecified atom stereocenters. The second-order valence-electron chi connectivity index (χ2n) is 7.90. The highest BCUT2D eigenvalue weighted by Crippen LogP contribution is 2.40. The van der Waals surface area contributed by atoms with Gasteiger partial charge in [-0.15, -0.1) is 0 Å². The Morgan fingerprint density at radius 3 is 2.40 bits per heavy atom. The monoisotopic (exact) mass is 272 g/mol. The molecule has 1 aliphatic rings. The van der Waals surface area contributed by atoms with Crippen molar-refractivity contribution in [2.75, 3.05) is 0 Å². The van der Waals surface area contributed by atoms with Crippen molar-refractivity contribution >= 4 is 0 Å². The van der Waals surface area contributed by atoms with Crippen LogP contribution in [0.25, 0.3) is 0 Å². The molecule has 0 aromatic rings. The van der Waals surface area contributed by atoms with Gasteiger partial charge in [0.25, 0.3) is 0 Å². The lowest BCUT2D eigenvalue weighted by Gasteiger charge is -2.32. The van der Waals surface area contributed by atoms with E-state index in [1.54, 1.807) is 5.57 Å². The summed E-state index contributed by atoms with van der Waals surface area (Å²) < 4.78 is 0. The Morgan fingerprint density at radius 2 is 1.85 bits per heavy atom. The van der Waals surface area contributed by atoms with E-state index in [9.17, 15) is 0 Å². The van der Waals surface area contributed by atoms with E-state index in [1.807, 2.05) is 0 Å². The summed E-state index contributed by atoms with van der Waals surface area (Å²) in [6.45, 7) is 15.9. The van der Waals surface area contributed by atoms with Crippen molar-refractivity contribution in [3.8, 4) is 0 Å². The average molecular weight is 272 g/mol. The van der Waals surface area contributed by atoms with Crippen LogP contribution in [-0.4, -0.2) is 0 Å². The minimum Gasteiger partial charge on any atom is -0.0791 e. The van der Waals surface area contributed by atoms with Crippen molar-refractivity contribution in [1.82, 2.24) is 0 Å². The Hall–Kier alpha value is -1.04. The lowest BCUT2D eigenvalue weighted by Crippen LogP contribution is -2.19. The minimum atomic E-state index is 0.255. The summed E-state index contributed by atoms with van der Waals surface area (Å²) in [5, 5.41) is 0. The second-order valence-corrected chi connectivity index (χ2v) is 7.90. The van der Waals surface area contributed by atoms with E-state index in [2.05, 4.69) is 78.8 Å². The summed E-state index contributed by atoms with van der Waals surface area (Å²) in [6, 6.07) is 0. The molecular formula is C20H32. The van der Waals surface area contributed by atoms with Crippen LogP contribution in [-0.2, 0) is 0 Å². The molecule has 0 heteroatoms. The number of hydrogen-bond donors (Lipinski definition) is 0. The SMILES string of the molecule is CC1=C(/C=C/C(C)=C/C=C/C(C)(C)C)C(C)(C)CCC1. The van der Waals surface area contributed by atoms with Crippen molar-refractivity contribution in [3.63, 3.8) is 0 Å². The molecule has 0 nitrogen and oxygen atoms in total. The molecule has 1 rings (SSSR count). The first-order chi connectivity index (χ1) is 9.12. The van der Waals surface area contributed by atoms with E-state index in [0.29, 0.717) is 5.41 Å². The van der Waals surface area contributed by atoms with Crippen molar-refractivity contribution in [2.24, 2.45) is 10.8 Å². The van der Waals surface area contributed by atoms with Gasteiger partial charge in [0.05, 0.1) is 0 Å². The van der Waals surface area contributed by atoms with E-state index in [4.69, 9.17) is 0 Å². The zero-order valence-corrected chi connectivity index (χ0v) is 14.5. The van der Waals surface area contributed by atoms with Crippen LogP contribution in [0.4, 0.5) is 0 Å². The number of rotatable bonds is 3. The number of hydrogen-bond acceptors (Lipinski definition) is 0. The van der Waals surface area contributed by atoms with E-state index in [-0.39, 0.29) is 5.41 Å². The first kappa shape index (κ1) is 17.0. The molecule has 0 aromatic carbocycles. The maximum absolute atomic E-state index is 2.37. The zero-order chi connectivity index (χ0) is 15.4. The number of allylic oxidation sites excluding steroid dienone is 8. The largest absolute Gasteiger partial charge is 0.0791 e. The fourth-order valence-electron chi connectivity index (χ4n) is 2.77. The summed E-state index contributed by atoms with van der Waals surface area (Å²) in [7, 11) is 0. The fourth-order valence-corrected chi connectivity index (χ4v) is 2.77. The van der Waals surface area contributed by atoms with E-state index < -0.39 is 0 Å². The summed E-state index contributed by atoms with van der Waals surface area (Å²) in [5.74, 6) is 0. The maximum Gasteiger partial charge on any atom is -0.0104 e. The van der Waals surface area contributed by atoms with Crippen LogP contribution < -0.4 is 0 Å². The third-order valence-electron chi connectivity index (χ3n) is 4.01. The van der Waals surface area contributed by atoms with Gasteiger partial charge in [0, 0.05) is 0 Å². The van der Waals surface area contributed by atoms with Gasteiger partial charge < -0.3 is 0 Å². The molecule has 0 fully saturated rings. The van der Waals surface area contributed by atoms with Crippen LogP contribution in [0, 0.1) is 10.8 Å².